The number of fused-ring (bicyclic) bond motifs is 2. The molecule has 0 aromatic carbocycles. The summed E-state index contributed by atoms with van der Waals surface area (Å²) in [4.78, 5) is 39.2. The zero-order valence-electron chi connectivity index (χ0n) is 13.2. The lowest BCUT2D eigenvalue weighted by atomic mass is 9.96. The molecular formula is C16H16N2O4S2. The number of thioether (sulfide) groups is 1. The molecular weight excluding hydrogens is 348 g/mol. The average molecular weight is 364 g/mol. The molecule has 1 N–H and O–H groups in total. The van der Waals surface area contributed by atoms with Crippen LogP contribution in [0.2, 0.25) is 0 Å². The molecule has 1 saturated heterocycles. The second-order valence-corrected chi connectivity index (χ2v) is 8.58. The maximum atomic E-state index is 12.5. The van der Waals surface area contributed by atoms with Gasteiger partial charge in [-0.1, -0.05) is 6.07 Å². The lowest BCUT2D eigenvalue weighted by Crippen LogP contribution is -2.70. The number of hydrogen-bond donors (Lipinski definition) is 1. The van der Waals surface area contributed by atoms with E-state index in [9.17, 15) is 14.4 Å². The highest BCUT2D eigenvalue weighted by Crippen LogP contribution is 2.47. The molecule has 1 unspecified atom stereocenters. The van der Waals surface area contributed by atoms with Crippen molar-refractivity contribution in [1.29, 1.82) is 0 Å². The summed E-state index contributed by atoms with van der Waals surface area (Å²) in [5, 5.41) is 4.48. The number of carbonyl (C=O) groups excluding carboxylic acids is 3. The Balaban J connectivity index is 1.49. The van der Waals surface area contributed by atoms with E-state index in [1.165, 1.54) is 16.2 Å². The highest BCUT2D eigenvalue weighted by atomic mass is 32.2. The van der Waals surface area contributed by atoms with Gasteiger partial charge in [-0.3, -0.25) is 14.5 Å². The standard InChI is InChI=1S/C16H16N2O4S2/c1-16(2)9-7-24-14-11(13(20)18(14)12(9)15(21)22-16)17-10(19)6-8-4-3-5-23-8/h3-5,11,14H,6-7H2,1-2H3,(H,17,19)/t11?,14-/m0/s1. The van der Waals surface area contributed by atoms with Crippen LogP contribution in [0.4, 0.5) is 0 Å². The maximum absolute atomic E-state index is 12.5. The van der Waals surface area contributed by atoms with Crippen molar-refractivity contribution in [3.8, 4) is 0 Å². The molecule has 8 heteroatoms. The van der Waals surface area contributed by atoms with Gasteiger partial charge >= 0.3 is 5.97 Å². The minimum atomic E-state index is -0.668. The van der Waals surface area contributed by atoms with E-state index in [1.807, 2.05) is 31.4 Å². The van der Waals surface area contributed by atoms with Gasteiger partial charge in [-0.15, -0.1) is 23.1 Å². The molecule has 1 aromatic heterocycles. The maximum Gasteiger partial charge on any atom is 0.356 e. The Morgan fingerprint density at radius 1 is 1.46 bits per heavy atom. The topological polar surface area (TPSA) is 75.7 Å². The van der Waals surface area contributed by atoms with Gasteiger partial charge in [0.25, 0.3) is 5.91 Å². The average Bonchev–Trinajstić information content (AvgIpc) is 3.10. The number of hydrogen-bond acceptors (Lipinski definition) is 6. The Hall–Kier alpha value is -1.80. The molecule has 4 heterocycles. The molecule has 0 bridgehead atoms. The molecule has 6 nitrogen and oxygen atoms in total. The number of carbonyl (C=O) groups is 3. The number of rotatable bonds is 3. The number of esters is 1. The summed E-state index contributed by atoms with van der Waals surface area (Å²) in [5.41, 5.74) is 0.556. The molecule has 1 fully saturated rings. The summed E-state index contributed by atoms with van der Waals surface area (Å²) in [6.45, 7) is 3.66. The first-order chi connectivity index (χ1) is 11.4. The van der Waals surface area contributed by atoms with Crippen molar-refractivity contribution in [2.45, 2.75) is 37.3 Å². The van der Waals surface area contributed by atoms with Gasteiger partial charge in [0.05, 0.1) is 6.42 Å². The molecule has 2 atom stereocenters. The minimum Gasteiger partial charge on any atom is -0.450 e. The van der Waals surface area contributed by atoms with Crippen LogP contribution in [0, 0.1) is 0 Å². The van der Waals surface area contributed by atoms with Crippen LogP contribution in [0.1, 0.15) is 18.7 Å². The van der Waals surface area contributed by atoms with Crippen molar-refractivity contribution in [3.63, 3.8) is 0 Å². The number of ether oxygens (including phenoxy) is 1. The van der Waals surface area contributed by atoms with Crippen molar-refractivity contribution in [3.05, 3.63) is 33.7 Å². The van der Waals surface area contributed by atoms with Gasteiger partial charge in [-0.25, -0.2) is 4.79 Å². The van der Waals surface area contributed by atoms with Gasteiger partial charge in [0.15, 0.2) is 0 Å². The van der Waals surface area contributed by atoms with E-state index >= 15 is 0 Å². The van der Waals surface area contributed by atoms with Crippen LogP contribution in [0.3, 0.4) is 0 Å². The normalized spacial score (nSPS) is 27.3. The Bertz CT molecular complexity index is 769. The van der Waals surface area contributed by atoms with Gasteiger partial charge < -0.3 is 10.1 Å². The molecule has 0 radical (unpaired) electrons. The van der Waals surface area contributed by atoms with Crippen molar-refractivity contribution in [1.82, 2.24) is 10.2 Å². The lowest BCUT2D eigenvalue weighted by molar-refractivity contribution is -0.153. The largest absolute Gasteiger partial charge is 0.450 e. The fraction of sp³-hybridized carbons (Fsp3) is 0.438. The molecule has 2 amide bonds. The van der Waals surface area contributed by atoms with Crippen molar-refractivity contribution >= 4 is 40.9 Å². The number of amides is 2. The SMILES string of the molecule is CC1(C)OC(=O)C2=C1CS[C@H]1C(NC(=O)Cc3cccs3)C(=O)N21. The molecule has 0 spiro atoms. The predicted molar refractivity (Wildman–Crippen MR) is 90.2 cm³/mol. The summed E-state index contributed by atoms with van der Waals surface area (Å²) < 4.78 is 5.38. The first-order valence-electron chi connectivity index (χ1n) is 7.62. The van der Waals surface area contributed by atoms with Crippen LogP contribution in [0.25, 0.3) is 0 Å². The molecule has 3 aliphatic heterocycles. The summed E-state index contributed by atoms with van der Waals surface area (Å²) in [7, 11) is 0. The minimum absolute atomic E-state index is 0.176. The van der Waals surface area contributed by atoms with Crippen LogP contribution in [0.5, 0.6) is 0 Å². The van der Waals surface area contributed by atoms with Gasteiger partial charge in [0.2, 0.25) is 5.91 Å². The number of thiophene rings is 1. The first kappa shape index (κ1) is 15.7. The predicted octanol–water partition coefficient (Wildman–Crippen LogP) is 1.28. The smallest absolute Gasteiger partial charge is 0.356 e. The van der Waals surface area contributed by atoms with Gasteiger partial charge in [-0.2, -0.15) is 0 Å². The Morgan fingerprint density at radius 3 is 2.96 bits per heavy atom. The van der Waals surface area contributed by atoms with E-state index in [4.69, 9.17) is 4.74 Å². The summed E-state index contributed by atoms with van der Waals surface area (Å²) in [6, 6.07) is 3.21. The Morgan fingerprint density at radius 2 is 2.25 bits per heavy atom. The van der Waals surface area contributed by atoms with E-state index in [0.717, 1.165) is 10.5 Å². The number of cyclic esters (lactones) is 1. The van der Waals surface area contributed by atoms with Crippen molar-refractivity contribution in [2.75, 3.05) is 5.75 Å². The molecule has 4 rings (SSSR count). The van der Waals surface area contributed by atoms with E-state index < -0.39 is 17.6 Å². The van der Waals surface area contributed by atoms with Crippen molar-refractivity contribution < 1.29 is 19.1 Å². The molecule has 0 aliphatic carbocycles. The van der Waals surface area contributed by atoms with Crippen LogP contribution in [-0.4, -0.2) is 45.5 Å². The Kier molecular flexibility index (Phi) is 3.50. The zero-order valence-corrected chi connectivity index (χ0v) is 14.8. The van der Waals surface area contributed by atoms with E-state index in [0.29, 0.717) is 11.4 Å². The van der Waals surface area contributed by atoms with Crippen molar-refractivity contribution in [2.24, 2.45) is 0 Å². The third-order valence-corrected chi connectivity index (χ3v) is 6.62. The highest BCUT2D eigenvalue weighted by molar-refractivity contribution is 8.00. The number of nitrogens with zero attached hydrogens (tertiary/aromatic N) is 1. The highest BCUT2D eigenvalue weighted by Gasteiger charge is 2.58. The molecule has 24 heavy (non-hydrogen) atoms. The quantitative estimate of drug-likeness (QED) is 0.646. The van der Waals surface area contributed by atoms with Crippen LogP contribution in [0.15, 0.2) is 28.8 Å². The van der Waals surface area contributed by atoms with Crippen LogP contribution < -0.4 is 5.32 Å². The third-order valence-electron chi connectivity index (χ3n) is 4.47. The van der Waals surface area contributed by atoms with E-state index in [-0.39, 0.29) is 23.6 Å². The fourth-order valence-electron chi connectivity index (χ4n) is 3.21. The summed E-state index contributed by atoms with van der Waals surface area (Å²) in [6.07, 6.45) is 0.266. The van der Waals surface area contributed by atoms with Crippen LogP contribution in [-0.2, 0) is 25.5 Å². The van der Waals surface area contributed by atoms with Gasteiger partial charge in [0.1, 0.15) is 22.7 Å². The number of β-lactam (4-membered cyclic amide) rings is 1. The second kappa shape index (κ2) is 5.35. The summed E-state index contributed by atoms with van der Waals surface area (Å²) >= 11 is 3.07. The zero-order chi connectivity index (χ0) is 17.1. The first-order valence-corrected chi connectivity index (χ1v) is 9.55. The van der Waals surface area contributed by atoms with Gasteiger partial charge in [-0.05, 0) is 25.3 Å². The fourth-order valence-corrected chi connectivity index (χ4v) is 5.47. The lowest BCUT2D eigenvalue weighted by Gasteiger charge is -2.48. The van der Waals surface area contributed by atoms with Gasteiger partial charge in [0, 0.05) is 16.2 Å². The second-order valence-electron chi connectivity index (χ2n) is 6.44. The van der Waals surface area contributed by atoms with E-state index in [1.54, 1.807) is 11.8 Å². The molecule has 3 aliphatic rings. The third kappa shape index (κ3) is 2.28. The number of nitrogens with one attached hydrogen (secondary N) is 1. The monoisotopic (exact) mass is 364 g/mol. The molecule has 0 saturated carbocycles. The molecule has 126 valence electrons. The molecule has 1 aromatic rings. The Labute approximate surface area is 147 Å². The van der Waals surface area contributed by atoms with E-state index in [2.05, 4.69) is 5.32 Å². The summed E-state index contributed by atoms with van der Waals surface area (Å²) in [5.74, 6) is -0.240. The van der Waals surface area contributed by atoms with Crippen LogP contribution >= 0.6 is 23.1 Å².